The number of fused-ring (bicyclic) bond motifs is 1. The van der Waals surface area contributed by atoms with Crippen molar-refractivity contribution < 1.29 is 26.3 Å². The maximum absolute atomic E-state index is 13.2. The maximum Gasteiger partial charge on any atom is 0.416 e. The molecule has 0 radical (unpaired) electrons. The molecule has 1 aromatic heterocycles. The van der Waals surface area contributed by atoms with Gasteiger partial charge in [-0.1, -0.05) is 18.2 Å². The number of para-hydroxylation sites is 1. The molecule has 3 rings (SSSR count). The van der Waals surface area contributed by atoms with Gasteiger partial charge in [-0.3, -0.25) is 4.57 Å². The van der Waals surface area contributed by atoms with Gasteiger partial charge in [0.1, 0.15) is 11.9 Å². The number of aromatic nitrogens is 2. The van der Waals surface area contributed by atoms with Crippen LogP contribution in [0.5, 0.6) is 0 Å². The molecule has 0 aliphatic carbocycles. The Hall–Kier alpha value is -3.04. The molecule has 1 unspecified atom stereocenters. The normalized spacial score (nSPS) is 13.5. The van der Waals surface area contributed by atoms with Gasteiger partial charge in [0, 0.05) is 5.39 Å². The number of hydrogen-bond donors (Lipinski definition) is 1. The summed E-state index contributed by atoms with van der Waals surface area (Å²) in [6, 6.07) is 8.13. The second-order valence-corrected chi connectivity index (χ2v) is 6.05. The third-order valence-corrected chi connectivity index (χ3v) is 4.08. The summed E-state index contributed by atoms with van der Waals surface area (Å²) in [6.07, 6.45) is -9.32. The molecule has 0 aliphatic heterocycles. The molecule has 1 atom stereocenters. The maximum atomic E-state index is 13.2. The molecule has 0 bridgehead atoms. The van der Waals surface area contributed by atoms with E-state index in [-0.39, 0.29) is 16.6 Å². The van der Waals surface area contributed by atoms with Gasteiger partial charge in [-0.05, 0) is 37.3 Å². The van der Waals surface area contributed by atoms with Crippen LogP contribution >= 0.6 is 0 Å². The van der Waals surface area contributed by atoms with E-state index in [9.17, 15) is 31.1 Å². The van der Waals surface area contributed by atoms with Crippen LogP contribution in [0.2, 0.25) is 0 Å². The van der Waals surface area contributed by atoms with Crippen molar-refractivity contribution in [2.24, 2.45) is 0 Å². The summed E-state index contributed by atoms with van der Waals surface area (Å²) in [5.41, 5.74) is -2.02. The van der Waals surface area contributed by atoms with Crippen LogP contribution in [0.1, 0.15) is 12.5 Å². The average Bonchev–Trinajstić information content (AvgIpc) is 2.60. The van der Waals surface area contributed by atoms with E-state index >= 15 is 0 Å². The number of halogens is 6. The highest BCUT2D eigenvalue weighted by Crippen LogP contribution is 2.33. The molecular formula is C18H13F6N3O. The number of nitrogens with zero attached hydrogens (tertiary/aromatic N) is 2. The van der Waals surface area contributed by atoms with E-state index in [4.69, 9.17) is 0 Å². The topological polar surface area (TPSA) is 46.9 Å². The van der Waals surface area contributed by atoms with Gasteiger partial charge < -0.3 is 5.32 Å². The van der Waals surface area contributed by atoms with E-state index in [2.05, 4.69) is 10.3 Å². The van der Waals surface area contributed by atoms with Gasteiger partial charge in [0.05, 0.1) is 16.8 Å². The van der Waals surface area contributed by atoms with Gasteiger partial charge in [0.25, 0.3) is 0 Å². The molecular weight excluding hydrogens is 388 g/mol. The van der Waals surface area contributed by atoms with Crippen LogP contribution < -0.4 is 11.0 Å². The van der Waals surface area contributed by atoms with Gasteiger partial charge in [-0.25, -0.2) is 4.79 Å². The van der Waals surface area contributed by atoms with Crippen molar-refractivity contribution in [1.82, 2.24) is 9.55 Å². The predicted molar refractivity (Wildman–Crippen MR) is 91.5 cm³/mol. The third kappa shape index (κ3) is 3.80. The fourth-order valence-corrected chi connectivity index (χ4v) is 2.63. The summed E-state index contributed by atoms with van der Waals surface area (Å²) in [5, 5.41) is 2.02. The zero-order valence-electron chi connectivity index (χ0n) is 14.3. The first kappa shape index (κ1) is 19.7. The minimum Gasteiger partial charge on any atom is -0.358 e. The highest BCUT2D eigenvalue weighted by Gasteiger charge is 2.37. The van der Waals surface area contributed by atoms with Crippen molar-refractivity contribution in [2.45, 2.75) is 25.3 Å². The summed E-state index contributed by atoms with van der Waals surface area (Å²) < 4.78 is 79.0. The van der Waals surface area contributed by atoms with Crippen molar-refractivity contribution >= 4 is 16.7 Å². The molecule has 0 aliphatic rings. The molecule has 148 valence electrons. The quantitative estimate of drug-likeness (QED) is 0.644. The second kappa shape index (κ2) is 6.84. The molecule has 2 aromatic carbocycles. The number of nitrogens with one attached hydrogen (secondary N) is 1. The lowest BCUT2D eigenvalue weighted by molar-refractivity contribution is -0.138. The van der Waals surface area contributed by atoms with Gasteiger partial charge in [-0.15, -0.1) is 0 Å². The lowest BCUT2D eigenvalue weighted by Crippen LogP contribution is -2.35. The Morgan fingerprint density at radius 2 is 1.64 bits per heavy atom. The standard InChI is InChI=1S/C18H13F6N3O/c1-10(17(19,20)21)25-15-13-8-7-11(18(22,23)24)9-14(13)27(16(28)26-15)12-5-3-2-4-6-12/h2-10H,1H3,(H,25,26,28). The van der Waals surface area contributed by atoms with Crippen molar-refractivity contribution in [3.63, 3.8) is 0 Å². The van der Waals surface area contributed by atoms with Crippen LogP contribution in [-0.4, -0.2) is 21.8 Å². The molecule has 10 heteroatoms. The molecule has 0 saturated heterocycles. The summed E-state index contributed by atoms with van der Waals surface area (Å²) in [7, 11) is 0. The number of benzene rings is 2. The number of rotatable bonds is 3. The van der Waals surface area contributed by atoms with Crippen LogP contribution in [0.15, 0.2) is 53.3 Å². The van der Waals surface area contributed by atoms with Crippen LogP contribution in [-0.2, 0) is 6.18 Å². The largest absolute Gasteiger partial charge is 0.416 e. The first-order chi connectivity index (χ1) is 13.0. The molecule has 28 heavy (non-hydrogen) atoms. The SMILES string of the molecule is CC(Nc1nc(=O)n(-c2ccccc2)c2cc(C(F)(F)F)ccc12)C(F)(F)F. The minimum absolute atomic E-state index is 0.0486. The summed E-state index contributed by atoms with van der Waals surface area (Å²) in [6.45, 7) is 0.820. The summed E-state index contributed by atoms with van der Waals surface area (Å²) in [4.78, 5) is 16.1. The Labute approximate surface area is 154 Å². The molecule has 4 nitrogen and oxygen atoms in total. The zero-order chi connectivity index (χ0) is 20.7. The summed E-state index contributed by atoms with van der Waals surface area (Å²) in [5.74, 6) is -0.439. The van der Waals surface area contributed by atoms with Crippen molar-refractivity contribution in [3.8, 4) is 5.69 Å². The monoisotopic (exact) mass is 401 g/mol. The molecule has 0 spiro atoms. The van der Waals surface area contributed by atoms with Crippen molar-refractivity contribution in [2.75, 3.05) is 5.32 Å². The van der Waals surface area contributed by atoms with Crippen LogP contribution in [0, 0.1) is 0 Å². The van der Waals surface area contributed by atoms with E-state index in [0.717, 1.165) is 29.7 Å². The second-order valence-electron chi connectivity index (χ2n) is 6.05. The molecule has 1 N–H and O–H groups in total. The summed E-state index contributed by atoms with van der Waals surface area (Å²) >= 11 is 0. The lowest BCUT2D eigenvalue weighted by Gasteiger charge is -2.20. The van der Waals surface area contributed by atoms with Gasteiger partial charge in [0.15, 0.2) is 0 Å². The number of hydrogen-bond acceptors (Lipinski definition) is 3. The van der Waals surface area contributed by atoms with Crippen LogP contribution in [0.25, 0.3) is 16.6 Å². The number of anilines is 1. The first-order valence-corrected chi connectivity index (χ1v) is 8.01. The Balaban J connectivity index is 2.30. The van der Waals surface area contributed by atoms with E-state index in [1.165, 1.54) is 12.1 Å². The zero-order valence-corrected chi connectivity index (χ0v) is 14.3. The highest BCUT2D eigenvalue weighted by molar-refractivity contribution is 5.91. The fraction of sp³-hybridized carbons (Fsp3) is 0.222. The smallest absolute Gasteiger partial charge is 0.358 e. The molecule has 0 amide bonds. The van der Waals surface area contributed by atoms with Crippen LogP contribution in [0.3, 0.4) is 0 Å². The van der Waals surface area contributed by atoms with E-state index in [1.54, 1.807) is 18.2 Å². The average molecular weight is 401 g/mol. The Morgan fingerprint density at radius 3 is 2.21 bits per heavy atom. The first-order valence-electron chi connectivity index (χ1n) is 8.01. The molecule has 1 heterocycles. The minimum atomic E-state index is -4.69. The predicted octanol–water partition coefficient (Wildman–Crippen LogP) is 4.77. The van der Waals surface area contributed by atoms with E-state index in [1.807, 2.05) is 0 Å². The van der Waals surface area contributed by atoms with Gasteiger partial charge >= 0.3 is 18.0 Å². The van der Waals surface area contributed by atoms with Crippen molar-refractivity contribution in [1.29, 1.82) is 0 Å². The fourth-order valence-electron chi connectivity index (χ4n) is 2.63. The van der Waals surface area contributed by atoms with E-state index < -0.39 is 35.5 Å². The highest BCUT2D eigenvalue weighted by atomic mass is 19.4. The van der Waals surface area contributed by atoms with Gasteiger partial charge in [0.2, 0.25) is 0 Å². The number of alkyl halides is 6. The lowest BCUT2D eigenvalue weighted by atomic mass is 10.1. The van der Waals surface area contributed by atoms with Gasteiger partial charge in [-0.2, -0.15) is 31.3 Å². The van der Waals surface area contributed by atoms with Crippen molar-refractivity contribution in [3.05, 3.63) is 64.6 Å². The Bertz CT molecular complexity index is 1060. The molecule has 3 aromatic rings. The third-order valence-electron chi connectivity index (χ3n) is 4.08. The Kier molecular flexibility index (Phi) is 4.82. The Morgan fingerprint density at radius 1 is 1.00 bits per heavy atom. The van der Waals surface area contributed by atoms with Crippen LogP contribution in [0.4, 0.5) is 32.2 Å². The molecule has 0 saturated carbocycles. The molecule has 0 fully saturated rings. The van der Waals surface area contributed by atoms with E-state index in [0.29, 0.717) is 0 Å².